The van der Waals surface area contributed by atoms with Crippen molar-refractivity contribution in [1.29, 1.82) is 0 Å². The number of rotatable bonds is 4. The van der Waals surface area contributed by atoms with Gasteiger partial charge in [0.05, 0.1) is 6.61 Å². The number of hydrogen-bond donors (Lipinski definition) is 1. The van der Waals surface area contributed by atoms with Gasteiger partial charge in [-0.05, 0) is 31.9 Å². The van der Waals surface area contributed by atoms with Crippen LogP contribution in [0.1, 0.15) is 40.8 Å². The van der Waals surface area contributed by atoms with Crippen LogP contribution in [0.2, 0.25) is 0 Å². The van der Waals surface area contributed by atoms with Gasteiger partial charge in [-0.25, -0.2) is 0 Å². The number of amides is 1. The van der Waals surface area contributed by atoms with E-state index >= 15 is 0 Å². The summed E-state index contributed by atoms with van der Waals surface area (Å²) in [4.78, 5) is 17.1. The maximum absolute atomic E-state index is 12.8. The Morgan fingerprint density at radius 1 is 1.28 bits per heavy atom. The van der Waals surface area contributed by atoms with Gasteiger partial charge in [-0.1, -0.05) is 30.3 Å². The van der Waals surface area contributed by atoms with Crippen LogP contribution < -0.4 is 0 Å². The first-order valence-electron chi connectivity index (χ1n) is 8.86. The third kappa shape index (κ3) is 4.11. The van der Waals surface area contributed by atoms with E-state index in [0.29, 0.717) is 17.1 Å². The topological polar surface area (TPSA) is 56.9 Å². The largest absolute Gasteiger partial charge is 0.456 e. The summed E-state index contributed by atoms with van der Waals surface area (Å²) in [6.07, 6.45) is 0.940. The van der Waals surface area contributed by atoms with Gasteiger partial charge in [0.1, 0.15) is 5.76 Å². The van der Waals surface area contributed by atoms with Crippen molar-refractivity contribution in [1.82, 2.24) is 9.80 Å². The van der Waals surface area contributed by atoms with Crippen molar-refractivity contribution < 1.29 is 14.3 Å². The highest BCUT2D eigenvalue weighted by Gasteiger charge is 2.28. The summed E-state index contributed by atoms with van der Waals surface area (Å²) in [5, 5.41) is 9.30. The smallest absolute Gasteiger partial charge is 0.289 e. The minimum absolute atomic E-state index is 0.0862. The molecule has 0 spiro atoms. The zero-order chi connectivity index (χ0) is 17.8. The highest BCUT2D eigenvalue weighted by Crippen LogP contribution is 2.20. The molecule has 0 radical (unpaired) electrons. The molecule has 1 aromatic heterocycles. The molecule has 25 heavy (non-hydrogen) atoms. The van der Waals surface area contributed by atoms with Gasteiger partial charge < -0.3 is 14.4 Å². The molecule has 1 unspecified atom stereocenters. The van der Waals surface area contributed by atoms with Crippen molar-refractivity contribution >= 4 is 5.91 Å². The van der Waals surface area contributed by atoms with Gasteiger partial charge in [-0.15, -0.1) is 0 Å². The highest BCUT2D eigenvalue weighted by atomic mass is 16.4. The molecule has 2 aromatic rings. The van der Waals surface area contributed by atoms with Gasteiger partial charge in [0.15, 0.2) is 5.76 Å². The van der Waals surface area contributed by atoms with Crippen LogP contribution in [0.4, 0.5) is 0 Å². The Bertz CT molecular complexity index is 711. The highest BCUT2D eigenvalue weighted by molar-refractivity contribution is 5.92. The maximum Gasteiger partial charge on any atom is 0.289 e. The molecule has 1 aliphatic rings. The number of nitrogens with zero attached hydrogens (tertiary/aromatic N) is 2. The molecule has 5 nitrogen and oxygen atoms in total. The first kappa shape index (κ1) is 17.7. The predicted octanol–water partition coefficient (Wildman–Crippen LogP) is 2.82. The van der Waals surface area contributed by atoms with Crippen LogP contribution in [0, 0.1) is 6.92 Å². The maximum atomic E-state index is 12.8. The molecular formula is C20H26N2O3. The summed E-state index contributed by atoms with van der Waals surface area (Å²) in [6.45, 7) is 7.19. The molecular weight excluding hydrogens is 316 g/mol. The van der Waals surface area contributed by atoms with Crippen LogP contribution in [0.3, 0.4) is 0 Å². The van der Waals surface area contributed by atoms with E-state index in [4.69, 9.17) is 4.42 Å². The lowest BCUT2D eigenvalue weighted by molar-refractivity contribution is 0.0657. The molecule has 0 saturated carbocycles. The molecule has 1 amide bonds. The van der Waals surface area contributed by atoms with Crippen LogP contribution in [0.25, 0.3) is 0 Å². The van der Waals surface area contributed by atoms with Crippen molar-refractivity contribution in [3.8, 4) is 0 Å². The lowest BCUT2D eigenvalue weighted by Gasteiger charge is -2.28. The monoisotopic (exact) mass is 342 g/mol. The summed E-state index contributed by atoms with van der Waals surface area (Å²) < 4.78 is 5.57. The number of carbonyl (C=O) groups excluding carboxylic acids is 1. The molecule has 1 aliphatic heterocycles. The molecule has 1 atom stereocenters. The first-order chi connectivity index (χ1) is 12.1. The second kappa shape index (κ2) is 7.85. The van der Waals surface area contributed by atoms with Gasteiger partial charge in [0.25, 0.3) is 5.91 Å². The fraction of sp³-hybridized carbons (Fsp3) is 0.450. The van der Waals surface area contributed by atoms with Crippen LogP contribution in [-0.4, -0.2) is 46.5 Å². The molecule has 134 valence electrons. The van der Waals surface area contributed by atoms with E-state index < -0.39 is 0 Å². The molecule has 2 heterocycles. The van der Waals surface area contributed by atoms with Crippen molar-refractivity contribution in [2.75, 3.05) is 19.6 Å². The van der Waals surface area contributed by atoms with E-state index in [-0.39, 0.29) is 18.6 Å². The number of aliphatic hydroxyl groups excluding tert-OH is 1. The summed E-state index contributed by atoms with van der Waals surface area (Å²) >= 11 is 0. The molecule has 1 saturated heterocycles. The average molecular weight is 342 g/mol. The Kier molecular flexibility index (Phi) is 5.56. The zero-order valence-electron chi connectivity index (χ0n) is 14.9. The van der Waals surface area contributed by atoms with Gasteiger partial charge in [-0.2, -0.15) is 0 Å². The molecule has 1 N–H and O–H groups in total. The number of benzene rings is 1. The minimum atomic E-state index is -0.108. The van der Waals surface area contributed by atoms with E-state index in [2.05, 4.69) is 36.1 Å². The summed E-state index contributed by atoms with van der Waals surface area (Å²) in [5.41, 5.74) is 1.97. The van der Waals surface area contributed by atoms with Crippen LogP contribution in [0.15, 0.2) is 40.8 Å². The van der Waals surface area contributed by atoms with Crippen molar-refractivity contribution in [2.24, 2.45) is 0 Å². The molecule has 3 rings (SSSR count). The van der Waals surface area contributed by atoms with Gasteiger partial charge >= 0.3 is 0 Å². The summed E-state index contributed by atoms with van der Waals surface area (Å²) in [5.74, 6) is 0.848. The average Bonchev–Trinajstić information content (AvgIpc) is 2.89. The van der Waals surface area contributed by atoms with Crippen LogP contribution in [0.5, 0.6) is 0 Å². The van der Waals surface area contributed by atoms with Gasteiger partial charge in [0.2, 0.25) is 0 Å². The fourth-order valence-electron chi connectivity index (χ4n) is 3.46. The van der Waals surface area contributed by atoms with Crippen LogP contribution in [-0.2, 0) is 13.2 Å². The Morgan fingerprint density at radius 3 is 2.72 bits per heavy atom. The molecule has 1 aromatic carbocycles. The molecule has 0 bridgehead atoms. The van der Waals surface area contributed by atoms with E-state index in [0.717, 1.165) is 32.6 Å². The van der Waals surface area contributed by atoms with E-state index in [9.17, 15) is 9.90 Å². The lowest BCUT2D eigenvalue weighted by Crippen LogP contribution is -2.42. The van der Waals surface area contributed by atoms with Crippen molar-refractivity contribution in [2.45, 2.75) is 39.5 Å². The standard InChI is InChI=1S/C20H26N2O3/c1-15-12-21(13-17-7-4-3-5-8-17)9-6-10-22(15)20(24)19-11-18(14-23)16(2)25-19/h3-5,7-8,11,15,23H,6,9-10,12-14H2,1-2H3. The summed E-state index contributed by atoms with van der Waals surface area (Å²) in [6, 6.07) is 12.2. The number of aliphatic hydroxyl groups is 1. The Morgan fingerprint density at radius 2 is 2.04 bits per heavy atom. The van der Waals surface area contributed by atoms with E-state index in [1.54, 1.807) is 13.0 Å². The Hall–Kier alpha value is -2.11. The SMILES string of the molecule is Cc1oc(C(=O)N2CCCN(Cc3ccccc3)CC2C)cc1CO. The number of aryl methyl sites for hydroxylation is 1. The van der Waals surface area contributed by atoms with Gasteiger partial charge in [0, 0.05) is 37.8 Å². The molecule has 0 aliphatic carbocycles. The first-order valence-corrected chi connectivity index (χ1v) is 8.86. The second-order valence-corrected chi connectivity index (χ2v) is 6.77. The van der Waals surface area contributed by atoms with Crippen molar-refractivity contribution in [3.05, 3.63) is 59.0 Å². The molecule has 1 fully saturated rings. The van der Waals surface area contributed by atoms with E-state index in [1.165, 1.54) is 5.56 Å². The van der Waals surface area contributed by atoms with Gasteiger partial charge in [-0.3, -0.25) is 9.69 Å². The zero-order valence-corrected chi connectivity index (χ0v) is 14.9. The summed E-state index contributed by atoms with van der Waals surface area (Å²) in [7, 11) is 0. The van der Waals surface area contributed by atoms with Crippen LogP contribution >= 0.6 is 0 Å². The van der Waals surface area contributed by atoms with E-state index in [1.807, 2.05) is 11.0 Å². The molecule has 5 heteroatoms. The Balaban J connectivity index is 1.68. The second-order valence-electron chi connectivity index (χ2n) is 6.77. The number of carbonyl (C=O) groups is 1. The Labute approximate surface area is 148 Å². The van der Waals surface area contributed by atoms with Crippen molar-refractivity contribution in [3.63, 3.8) is 0 Å². The quantitative estimate of drug-likeness (QED) is 0.928. The lowest BCUT2D eigenvalue weighted by atomic mass is 10.2. The number of furan rings is 1. The predicted molar refractivity (Wildman–Crippen MR) is 96.2 cm³/mol. The fourth-order valence-corrected chi connectivity index (χ4v) is 3.46. The third-order valence-electron chi connectivity index (χ3n) is 4.84. The number of hydrogen-bond acceptors (Lipinski definition) is 4. The normalized spacial score (nSPS) is 19.0. The third-order valence-corrected chi connectivity index (χ3v) is 4.84. The minimum Gasteiger partial charge on any atom is -0.456 e.